The lowest BCUT2D eigenvalue weighted by Gasteiger charge is -2.07. The minimum absolute atomic E-state index is 0.117. The van der Waals surface area contributed by atoms with E-state index in [1.54, 1.807) is 0 Å². The molecule has 0 aliphatic heterocycles. The van der Waals surface area contributed by atoms with E-state index in [0.717, 1.165) is 12.8 Å². The number of non-ortho nitro benzene ring substituents is 1. The number of anilines is 1. The Hall–Kier alpha value is -2.62. The van der Waals surface area contributed by atoms with Crippen LogP contribution in [0.5, 0.6) is 0 Å². The predicted octanol–water partition coefficient (Wildman–Crippen LogP) is 2.52. The first-order valence-electron chi connectivity index (χ1n) is 6.19. The zero-order valence-electron chi connectivity index (χ0n) is 10.8. The van der Waals surface area contributed by atoms with Crippen molar-refractivity contribution in [1.82, 2.24) is 0 Å². The molecule has 20 heavy (non-hydrogen) atoms. The number of carboxylic acid groups (broad SMARTS) is 1. The zero-order valence-corrected chi connectivity index (χ0v) is 10.8. The number of nitrogens with one attached hydrogen (secondary N) is 1. The van der Waals surface area contributed by atoms with Crippen LogP contribution in [0, 0.1) is 21.4 Å². The number of carboxylic acids is 1. The van der Waals surface area contributed by atoms with E-state index >= 15 is 0 Å². The Morgan fingerprint density at radius 1 is 1.40 bits per heavy atom. The second kappa shape index (κ2) is 7.74. The average Bonchev–Trinajstić information content (AvgIpc) is 2.42. The van der Waals surface area contributed by atoms with Gasteiger partial charge in [0, 0.05) is 25.1 Å². The maximum atomic E-state index is 10.6. The quantitative estimate of drug-likeness (QED) is 0.428. The lowest BCUT2D eigenvalue weighted by atomic mass is 10.1. The van der Waals surface area contributed by atoms with Crippen LogP contribution in [0.4, 0.5) is 11.4 Å². The smallest absolute Gasteiger partial charge is 0.303 e. The van der Waals surface area contributed by atoms with Gasteiger partial charge in [0.05, 0.1) is 16.2 Å². The summed E-state index contributed by atoms with van der Waals surface area (Å²) in [6, 6.07) is 5.99. The van der Waals surface area contributed by atoms with Crippen LogP contribution in [0.15, 0.2) is 18.2 Å². The first-order chi connectivity index (χ1) is 9.54. The fraction of sp³-hybridized carbons (Fsp3) is 0.385. The van der Waals surface area contributed by atoms with Gasteiger partial charge in [-0.05, 0) is 18.9 Å². The molecule has 0 fully saturated rings. The van der Waals surface area contributed by atoms with Crippen molar-refractivity contribution in [2.45, 2.75) is 25.7 Å². The minimum atomic E-state index is -0.805. The summed E-state index contributed by atoms with van der Waals surface area (Å²) in [7, 11) is 0. The monoisotopic (exact) mass is 277 g/mol. The maximum absolute atomic E-state index is 10.6. The van der Waals surface area contributed by atoms with Crippen molar-refractivity contribution in [3.05, 3.63) is 33.9 Å². The van der Waals surface area contributed by atoms with E-state index in [2.05, 4.69) is 5.32 Å². The predicted molar refractivity (Wildman–Crippen MR) is 72.4 cm³/mol. The number of unbranched alkanes of at least 4 members (excludes halogenated alkanes) is 2. The highest BCUT2D eigenvalue weighted by molar-refractivity contribution is 5.66. The molecule has 7 heteroatoms. The maximum Gasteiger partial charge on any atom is 0.303 e. The molecule has 1 aromatic rings. The molecule has 106 valence electrons. The van der Waals surface area contributed by atoms with E-state index in [4.69, 9.17) is 10.4 Å². The lowest BCUT2D eigenvalue weighted by Crippen LogP contribution is -2.04. The molecule has 0 aromatic heterocycles. The third kappa shape index (κ3) is 4.94. The highest BCUT2D eigenvalue weighted by Gasteiger charge is 2.10. The van der Waals surface area contributed by atoms with E-state index in [-0.39, 0.29) is 17.7 Å². The molecule has 0 radical (unpaired) electrons. The van der Waals surface area contributed by atoms with Crippen molar-refractivity contribution in [1.29, 1.82) is 5.26 Å². The molecule has 0 saturated carbocycles. The van der Waals surface area contributed by atoms with Crippen LogP contribution < -0.4 is 5.32 Å². The Morgan fingerprint density at radius 3 is 2.75 bits per heavy atom. The molecule has 0 bridgehead atoms. The molecule has 2 N–H and O–H groups in total. The summed E-state index contributed by atoms with van der Waals surface area (Å²) in [5.74, 6) is -0.805. The number of rotatable bonds is 8. The highest BCUT2D eigenvalue weighted by atomic mass is 16.6. The number of benzene rings is 1. The summed E-state index contributed by atoms with van der Waals surface area (Å²) in [5.41, 5.74) is 0.662. The molecule has 0 spiro atoms. The molecule has 0 amide bonds. The molecular formula is C13H15N3O4. The lowest BCUT2D eigenvalue weighted by molar-refractivity contribution is -0.384. The molecule has 0 saturated heterocycles. The van der Waals surface area contributed by atoms with Crippen LogP contribution in [-0.2, 0) is 4.79 Å². The van der Waals surface area contributed by atoms with E-state index < -0.39 is 10.9 Å². The Balaban J connectivity index is 2.46. The molecule has 0 heterocycles. The van der Waals surface area contributed by atoms with Gasteiger partial charge in [-0.15, -0.1) is 0 Å². The van der Waals surface area contributed by atoms with Crippen LogP contribution in [0.2, 0.25) is 0 Å². The van der Waals surface area contributed by atoms with Gasteiger partial charge >= 0.3 is 5.97 Å². The van der Waals surface area contributed by atoms with Crippen molar-refractivity contribution in [3.8, 4) is 6.07 Å². The van der Waals surface area contributed by atoms with Crippen LogP contribution in [0.3, 0.4) is 0 Å². The van der Waals surface area contributed by atoms with E-state index in [9.17, 15) is 14.9 Å². The summed E-state index contributed by atoms with van der Waals surface area (Å²) in [6.07, 6.45) is 2.31. The van der Waals surface area contributed by atoms with Gasteiger partial charge in [0.1, 0.15) is 6.07 Å². The molecule has 0 aliphatic carbocycles. The number of hydrogen-bond acceptors (Lipinski definition) is 5. The molecule has 0 atom stereocenters. The second-order valence-corrected chi connectivity index (χ2v) is 4.23. The standard InChI is InChI=1S/C13H15N3O4/c14-9-10-8-11(16(19)20)5-6-12(10)15-7-3-1-2-4-13(17)18/h5-6,8,15H,1-4,7H2,(H,17,18). The van der Waals surface area contributed by atoms with Crippen LogP contribution in [0.25, 0.3) is 0 Å². The number of nitro benzene ring substituents is 1. The summed E-state index contributed by atoms with van der Waals surface area (Å²) in [4.78, 5) is 20.4. The van der Waals surface area contributed by atoms with Crippen molar-refractivity contribution in [3.63, 3.8) is 0 Å². The normalized spacial score (nSPS) is 9.75. The Bertz CT molecular complexity index is 537. The van der Waals surface area contributed by atoms with Gasteiger partial charge in [0.2, 0.25) is 0 Å². The summed E-state index contributed by atoms with van der Waals surface area (Å²) >= 11 is 0. The first-order valence-corrected chi connectivity index (χ1v) is 6.19. The summed E-state index contributed by atoms with van der Waals surface area (Å²) < 4.78 is 0. The van der Waals surface area contributed by atoms with Crippen LogP contribution in [-0.4, -0.2) is 22.5 Å². The van der Waals surface area contributed by atoms with Gasteiger partial charge in [-0.25, -0.2) is 0 Å². The van der Waals surface area contributed by atoms with Gasteiger partial charge in [0.15, 0.2) is 0 Å². The number of nitro groups is 1. The van der Waals surface area contributed by atoms with Crippen LogP contribution >= 0.6 is 0 Å². The Labute approximate surface area is 116 Å². The minimum Gasteiger partial charge on any atom is -0.481 e. The highest BCUT2D eigenvalue weighted by Crippen LogP contribution is 2.21. The number of carbonyl (C=O) groups is 1. The van der Waals surface area contributed by atoms with Crippen LogP contribution in [0.1, 0.15) is 31.2 Å². The number of nitriles is 1. The largest absolute Gasteiger partial charge is 0.481 e. The third-order valence-corrected chi connectivity index (χ3v) is 2.72. The topological polar surface area (TPSA) is 116 Å². The van der Waals surface area contributed by atoms with E-state index in [0.29, 0.717) is 18.7 Å². The Morgan fingerprint density at radius 2 is 2.15 bits per heavy atom. The molecule has 0 unspecified atom stereocenters. The molecule has 1 rings (SSSR count). The van der Waals surface area contributed by atoms with Crippen molar-refractivity contribution < 1.29 is 14.8 Å². The van der Waals surface area contributed by atoms with Gasteiger partial charge in [-0.2, -0.15) is 5.26 Å². The molecular weight excluding hydrogens is 262 g/mol. The zero-order chi connectivity index (χ0) is 15.0. The molecule has 1 aromatic carbocycles. The second-order valence-electron chi connectivity index (χ2n) is 4.23. The van der Waals surface area contributed by atoms with Gasteiger partial charge in [-0.3, -0.25) is 14.9 Å². The fourth-order valence-electron chi connectivity index (χ4n) is 1.69. The fourth-order valence-corrected chi connectivity index (χ4v) is 1.69. The van der Waals surface area contributed by atoms with E-state index in [1.807, 2.05) is 6.07 Å². The molecule has 7 nitrogen and oxygen atoms in total. The number of aliphatic carboxylic acids is 1. The first kappa shape index (κ1) is 15.4. The number of hydrogen-bond donors (Lipinski definition) is 2. The summed E-state index contributed by atoms with van der Waals surface area (Å²) in [6.45, 7) is 0.589. The molecule has 0 aliphatic rings. The van der Waals surface area contributed by atoms with Crippen molar-refractivity contribution in [2.75, 3.05) is 11.9 Å². The third-order valence-electron chi connectivity index (χ3n) is 2.72. The van der Waals surface area contributed by atoms with Crippen molar-refractivity contribution >= 4 is 17.3 Å². The Kier molecular flexibility index (Phi) is 5.97. The van der Waals surface area contributed by atoms with E-state index in [1.165, 1.54) is 18.2 Å². The van der Waals surface area contributed by atoms with Crippen molar-refractivity contribution in [2.24, 2.45) is 0 Å². The van der Waals surface area contributed by atoms with Gasteiger partial charge in [0.25, 0.3) is 5.69 Å². The van der Waals surface area contributed by atoms with Gasteiger partial charge < -0.3 is 10.4 Å². The summed E-state index contributed by atoms with van der Waals surface area (Å²) in [5, 5.41) is 31.1. The number of nitrogens with zero attached hydrogens (tertiary/aromatic N) is 2. The average molecular weight is 277 g/mol. The van der Waals surface area contributed by atoms with Gasteiger partial charge in [-0.1, -0.05) is 6.42 Å². The SMILES string of the molecule is N#Cc1cc([N+](=O)[O-])ccc1NCCCCCC(=O)O.